The molecule has 0 aliphatic carbocycles. The third-order valence-corrected chi connectivity index (χ3v) is 3.78. The van der Waals surface area contributed by atoms with Crippen LogP contribution >= 0.6 is 0 Å². The van der Waals surface area contributed by atoms with Gasteiger partial charge >= 0.3 is 6.09 Å². The summed E-state index contributed by atoms with van der Waals surface area (Å²) in [7, 11) is 0. The van der Waals surface area contributed by atoms with E-state index in [4.69, 9.17) is 10.5 Å². The van der Waals surface area contributed by atoms with E-state index in [0.29, 0.717) is 6.61 Å². The second-order valence-electron chi connectivity index (χ2n) is 5.34. The summed E-state index contributed by atoms with van der Waals surface area (Å²) in [6, 6.07) is 7.93. The minimum absolute atomic E-state index is 0.124. The van der Waals surface area contributed by atoms with Gasteiger partial charge in [0.05, 0.1) is 12.6 Å². The highest BCUT2D eigenvalue weighted by molar-refractivity contribution is 5.68. The van der Waals surface area contributed by atoms with Crippen molar-refractivity contribution in [2.75, 3.05) is 18.9 Å². The smallest absolute Gasteiger partial charge is 0.410 e. The second kappa shape index (κ2) is 7.17. The van der Waals surface area contributed by atoms with Gasteiger partial charge in [-0.25, -0.2) is 4.79 Å². The Bertz CT molecular complexity index is 431. The Hall–Kier alpha value is -1.71. The molecule has 1 unspecified atom stereocenters. The fraction of sp³-hybridized carbons (Fsp3) is 0.562. The van der Waals surface area contributed by atoms with Gasteiger partial charge in [0.2, 0.25) is 0 Å². The molecule has 2 rings (SSSR count). The van der Waals surface area contributed by atoms with E-state index in [9.17, 15) is 4.79 Å². The van der Waals surface area contributed by atoms with Crippen LogP contribution in [0.15, 0.2) is 24.3 Å². The van der Waals surface area contributed by atoms with Gasteiger partial charge in [-0.3, -0.25) is 0 Å². The van der Waals surface area contributed by atoms with E-state index in [1.54, 1.807) is 0 Å². The number of carbonyl (C=O) groups is 1. The molecule has 1 aliphatic heterocycles. The summed E-state index contributed by atoms with van der Waals surface area (Å²) in [6.45, 7) is 3.38. The van der Waals surface area contributed by atoms with Crippen molar-refractivity contribution in [3.63, 3.8) is 0 Å². The van der Waals surface area contributed by atoms with E-state index in [-0.39, 0.29) is 12.1 Å². The minimum Gasteiger partial charge on any atom is -0.449 e. The highest BCUT2D eigenvalue weighted by Gasteiger charge is 2.28. The number of unbranched alkanes of at least 4 members (excludes halogenated alkanes) is 1. The number of piperidine rings is 1. The number of hydrogen-bond acceptors (Lipinski definition) is 3. The average molecular weight is 276 g/mol. The molecule has 1 heterocycles. The molecule has 1 saturated heterocycles. The summed E-state index contributed by atoms with van der Waals surface area (Å²) in [6.07, 6.45) is 4.97. The van der Waals surface area contributed by atoms with Crippen LogP contribution in [0.5, 0.6) is 0 Å². The lowest BCUT2D eigenvalue weighted by atomic mass is 9.95. The Morgan fingerprint density at radius 2 is 2.10 bits per heavy atom. The number of carbonyl (C=O) groups excluding carboxylic acids is 1. The van der Waals surface area contributed by atoms with Gasteiger partial charge in [-0.15, -0.1) is 0 Å². The molecule has 1 fully saturated rings. The van der Waals surface area contributed by atoms with E-state index in [1.807, 2.05) is 29.2 Å². The molecule has 0 aromatic heterocycles. The van der Waals surface area contributed by atoms with Crippen molar-refractivity contribution in [2.24, 2.45) is 0 Å². The average Bonchev–Trinajstić information content (AvgIpc) is 2.48. The summed E-state index contributed by atoms with van der Waals surface area (Å²) in [5, 5.41) is 0. The first-order chi connectivity index (χ1) is 9.72. The van der Waals surface area contributed by atoms with Crippen molar-refractivity contribution in [3.05, 3.63) is 29.8 Å². The Balaban J connectivity index is 2.04. The van der Waals surface area contributed by atoms with Gasteiger partial charge in [-0.1, -0.05) is 25.5 Å². The third-order valence-electron chi connectivity index (χ3n) is 3.78. The van der Waals surface area contributed by atoms with Crippen LogP contribution in [0.3, 0.4) is 0 Å². The van der Waals surface area contributed by atoms with Crippen LogP contribution in [-0.4, -0.2) is 24.1 Å². The maximum Gasteiger partial charge on any atom is 0.410 e. The molecule has 20 heavy (non-hydrogen) atoms. The van der Waals surface area contributed by atoms with Crippen LogP contribution in [0.4, 0.5) is 10.5 Å². The number of nitrogen functional groups attached to an aromatic ring is 1. The van der Waals surface area contributed by atoms with E-state index in [1.165, 1.54) is 0 Å². The maximum absolute atomic E-state index is 12.2. The van der Waals surface area contributed by atoms with Gasteiger partial charge in [0.25, 0.3) is 0 Å². The van der Waals surface area contributed by atoms with Gasteiger partial charge in [0.1, 0.15) is 0 Å². The molecule has 0 radical (unpaired) electrons. The maximum atomic E-state index is 12.2. The Morgan fingerprint density at radius 3 is 2.80 bits per heavy atom. The van der Waals surface area contributed by atoms with Gasteiger partial charge in [-0.05, 0) is 43.4 Å². The van der Waals surface area contributed by atoms with E-state index in [2.05, 4.69) is 6.92 Å². The van der Waals surface area contributed by atoms with Crippen molar-refractivity contribution in [1.29, 1.82) is 0 Å². The number of rotatable bonds is 4. The standard InChI is InChI=1S/C16H24N2O2/c1-2-3-12-20-16(19)18-11-5-4-6-15(18)13-7-9-14(17)10-8-13/h7-10,15H,2-6,11-12,17H2,1H3. The SMILES string of the molecule is CCCCOC(=O)N1CCCCC1c1ccc(N)cc1. The van der Waals surface area contributed by atoms with Gasteiger partial charge in [0.15, 0.2) is 0 Å². The number of amides is 1. The molecule has 1 aromatic rings. The van der Waals surface area contributed by atoms with Crippen LogP contribution in [-0.2, 0) is 4.74 Å². The number of nitrogens with zero attached hydrogens (tertiary/aromatic N) is 1. The molecule has 0 saturated carbocycles. The second-order valence-corrected chi connectivity index (χ2v) is 5.34. The van der Waals surface area contributed by atoms with E-state index in [0.717, 1.165) is 49.9 Å². The van der Waals surface area contributed by atoms with Crippen molar-refractivity contribution >= 4 is 11.8 Å². The molecule has 0 spiro atoms. The van der Waals surface area contributed by atoms with Gasteiger partial charge in [0, 0.05) is 12.2 Å². The normalized spacial score (nSPS) is 18.9. The van der Waals surface area contributed by atoms with Gasteiger partial charge in [-0.2, -0.15) is 0 Å². The quantitative estimate of drug-likeness (QED) is 0.673. The first-order valence-corrected chi connectivity index (χ1v) is 7.51. The summed E-state index contributed by atoms with van der Waals surface area (Å²) in [4.78, 5) is 14.1. The van der Waals surface area contributed by atoms with Crippen molar-refractivity contribution in [1.82, 2.24) is 4.90 Å². The topological polar surface area (TPSA) is 55.6 Å². The Labute approximate surface area is 120 Å². The lowest BCUT2D eigenvalue weighted by Crippen LogP contribution is -2.39. The number of anilines is 1. The molecular weight excluding hydrogens is 252 g/mol. The van der Waals surface area contributed by atoms with Gasteiger partial charge < -0.3 is 15.4 Å². The summed E-state index contributed by atoms with van der Waals surface area (Å²) < 4.78 is 5.36. The van der Waals surface area contributed by atoms with Crippen LogP contribution in [0, 0.1) is 0 Å². The van der Waals surface area contributed by atoms with Crippen molar-refractivity contribution in [2.45, 2.75) is 45.1 Å². The van der Waals surface area contributed by atoms with Crippen molar-refractivity contribution < 1.29 is 9.53 Å². The lowest BCUT2D eigenvalue weighted by Gasteiger charge is -2.35. The fourth-order valence-electron chi connectivity index (χ4n) is 2.60. The molecule has 110 valence electrons. The molecule has 1 aliphatic rings. The van der Waals surface area contributed by atoms with Crippen LogP contribution in [0.1, 0.15) is 50.6 Å². The number of likely N-dealkylation sites (tertiary alicyclic amines) is 1. The molecule has 2 N–H and O–H groups in total. The Kier molecular flexibility index (Phi) is 5.27. The molecule has 4 heteroatoms. The fourth-order valence-corrected chi connectivity index (χ4v) is 2.60. The largest absolute Gasteiger partial charge is 0.449 e. The molecule has 0 bridgehead atoms. The lowest BCUT2D eigenvalue weighted by molar-refractivity contribution is 0.0721. The van der Waals surface area contributed by atoms with Crippen LogP contribution in [0.2, 0.25) is 0 Å². The Morgan fingerprint density at radius 1 is 1.35 bits per heavy atom. The highest BCUT2D eigenvalue weighted by Crippen LogP contribution is 2.31. The highest BCUT2D eigenvalue weighted by atomic mass is 16.6. The number of ether oxygens (including phenoxy) is 1. The molecule has 1 amide bonds. The zero-order chi connectivity index (χ0) is 14.4. The first-order valence-electron chi connectivity index (χ1n) is 7.51. The molecule has 4 nitrogen and oxygen atoms in total. The summed E-state index contributed by atoms with van der Waals surface area (Å²) >= 11 is 0. The number of nitrogens with two attached hydrogens (primary N) is 1. The summed E-state index contributed by atoms with van der Waals surface area (Å²) in [5.41, 5.74) is 7.62. The number of hydrogen-bond donors (Lipinski definition) is 1. The van der Waals surface area contributed by atoms with Crippen LogP contribution < -0.4 is 5.73 Å². The monoisotopic (exact) mass is 276 g/mol. The number of benzene rings is 1. The minimum atomic E-state index is -0.181. The zero-order valence-electron chi connectivity index (χ0n) is 12.2. The predicted molar refractivity (Wildman–Crippen MR) is 80.4 cm³/mol. The molecular formula is C16H24N2O2. The zero-order valence-corrected chi connectivity index (χ0v) is 12.2. The van der Waals surface area contributed by atoms with Crippen molar-refractivity contribution in [3.8, 4) is 0 Å². The summed E-state index contributed by atoms with van der Waals surface area (Å²) in [5.74, 6) is 0. The first kappa shape index (κ1) is 14.7. The molecule has 1 aromatic carbocycles. The molecule has 1 atom stereocenters. The van der Waals surface area contributed by atoms with E-state index < -0.39 is 0 Å². The van der Waals surface area contributed by atoms with E-state index >= 15 is 0 Å². The van der Waals surface area contributed by atoms with Crippen LogP contribution in [0.25, 0.3) is 0 Å². The predicted octanol–water partition coefficient (Wildman–Crippen LogP) is 3.73. The third kappa shape index (κ3) is 3.65.